The zero-order valence-corrected chi connectivity index (χ0v) is 18.1. The fourth-order valence-electron chi connectivity index (χ4n) is 4.68. The molecule has 0 atom stereocenters. The predicted molar refractivity (Wildman–Crippen MR) is 119 cm³/mol. The smallest absolute Gasteiger partial charge is 0.339 e. The van der Waals surface area contributed by atoms with Crippen LogP contribution in [0.15, 0.2) is 45.8 Å². The first kappa shape index (κ1) is 21.3. The van der Waals surface area contributed by atoms with Crippen LogP contribution in [0.2, 0.25) is 0 Å². The lowest BCUT2D eigenvalue weighted by molar-refractivity contribution is 0.0698. The van der Waals surface area contributed by atoms with Crippen molar-refractivity contribution in [2.75, 3.05) is 19.6 Å². The van der Waals surface area contributed by atoms with E-state index in [0.29, 0.717) is 29.8 Å². The Kier molecular flexibility index (Phi) is 5.41. The van der Waals surface area contributed by atoms with Gasteiger partial charge in [0, 0.05) is 41.4 Å². The number of fused-ring (bicyclic) bond motifs is 2. The summed E-state index contributed by atoms with van der Waals surface area (Å²) in [5.41, 5.74) is 2.46. The molecular weight excluding hydrogens is 427 g/mol. The summed E-state index contributed by atoms with van der Waals surface area (Å²) in [4.78, 5) is 31.2. The lowest BCUT2D eigenvalue weighted by Crippen LogP contribution is -2.36. The number of benzene rings is 1. The molecule has 4 aromatic rings. The van der Waals surface area contributed by atoms with Crippen LogP contribution in [0.25, 0.3) is 16.6 Å². The van der Waals surface area contributed by atoms with Gasteiger partial charge in [0.15, 0.2) is 11.2 Å². The van der Waals surface area contributed by atoms with Crippen molar-refractivity contribution in [2.45, 2.75) is 32.1 Å². The van der Waals surface area contributed by atoms with Crippen LogP contribution in [0, 0.1) is 12.7 Å². The van der Waals surface area contributed by atoms with Gasteiger partial charge in [-0.25, -0.2) is 14.2 Å². The summed E-state index contributed by atoms with van der Waals surface area (Å²) < 4.78 is 20.0. The molecule has 0 unspecified atom stereocenters. The van der Waals surface area contributed by atoms with Crippen LogP contribution in [0.4, 0.5) is 4.39 Å². The highest BCUT2D eigenvalue weighted by molar-refractivity contribution is 5.94. The summed E-state index contributed by atoms with van der Waals surface area (Å²) >= 11 is 0. The van der Waals surface area contributed by atoms with E-state index in [2.05, 4.69) is 15.0 Å². The second-order valence-corrected chi connectivity index (χ2v) is 8.48. The van der Waals surface area contributed by atoms with E-state index >= 15 is 0 Å². The monoisotopic (exact) mass is 450 g/mol. The molecule has 3 aromatic heterocycles. The first-order valence-corrected chi connectivity index (χ1v) is 10.9. The molecule has 1 aliphatic rings. The van der Waals surface area contributed by atoms with Crippen molar-refractivity contribution in [3.05, 3.63) is 75.2 Å². The van der Waals surface area contributed by atoms with E-state index in [0.717, 1.165) is 37.0 Å². The molecule has 33 heavy (non-hydrogen) atoms. The number of rotatable bonds is 5. The molecule has 0 aliphatic carbocycles. The average Bonchev–Trinajstić information content (AvgIpc) is 3.22. The van der Waals surface area contributed by atoms with Gasteiger partial charge in [0.05, 0.1) is 5.69 Å². The second kappa shape index (κ2) is 8.40. The van der Waals surface area contributed by atoms with Gasteiger partial charge in [0.25, 0.3) is 5.56 Å². The van der Waals surface area contributed by atoms with Crippen LogP contribution in [0.5, 0.6) is 0 Å². The summed E-state index contributed by atoms with van der Waals surface area (Å²) in [5, 5.41) is 14.4. The third kappa shape index (κ3) is 3.89. The number of nitrogens with zero attached hydrogens (tertiary/aromatic N) is 4. The fraction of sp³-hybridized carbons (Fsp3) is 0.333. The largest absolute Gasteiger partial charge is 0.478 e. The van der Waals surface area contributed by atoms with Crippen molar-refractivity contribution < 1.29 is 18.8 Å². The Hall–Kier alpha value is -3.59. The molecule has 1 saturated heterocycles. The number of piperidine rings is 1. The van der Waals surface area contributed by atoms with Crippen molar-refractivity contribution in [3.8, 4) is 0 Å². The Morgan fingerprint density at radius 1 is 1.27 bits per heavy atom. The summed E-state index contributed by atoms with van der Waals surface area (Å²) in [6.45, 7) is 4.16. The number of halogens is 1. The molecule has 0 spiro atoms. The maximum Gasteiger partial charge on any atom is 0.339 e. The molecule has 1 fully saturated rings. The Labute approximate surface area is 188 Å². The normalized spacial score (nSPS) is 15.5. The Morgan fingerprint density at radius 2 is 2.06 bits per heavy atom. The summed E-state index contributed by atoms with van der Waals surface area (Å²) in [5.74, 6) is -1.20. The van der Waals surface area contributed by atoms with Gasteiger partial charge in [-0.2, -0.15) is 0 Å². The van der Waals surface area contributed by atoms with Gasteiger partial charge in [-0.1, -0.05) is 5.16 Å². The first-order valence-electron chi connectivity index (χ1n) is 10.9. The average molecular weight is 450 g/mol. The SMILES string of the molecule is Cc1nc2c(C(=O)O)cccn2c(=O)c1CCN1CCC(c2noc3cc(F)ccc23)CC1. The van der Waals surface area contributed by atoms with E-state index in [1.54, 1.807) is 25.3 Å². The Bertz CT molecular complexity index is 1420. The Morgan fingerprint density at radius 3 is 2.82 bits per heavy atom. The van der Waals surface area contributed by atoms with E-state index in [9.17, 15) is 19.1 Å². The van der Waals surface area contributed by atoms with Gasteiger partial charge in [-0.15, -0.1) is 0 Å². The van der Waals surface area contributed by atoms with Crippen LogP contribution in [-0.4, -0.2) is 50.2 Å². The van der Waals surface area contributed by atoms with Gasteiger partial charge >= 0.3 is 5.97 Å². The van der Waals surface area contributed by atoms with Crippen LogP contribution in [0.1, 0.15) is 46.1 Å². The van der Waals surface area contributed by atoms with E-state index in [1.165, 1.54) is 22.6 Å². The van der Waals surface area contributed by atoms with Crippen molar-refractivity contribution in [3.63, 3.8) is 0 Å². The number of hydrogen-bond acceptors (Lipinski definition) is 6. The maximum absolute atomic E-state index is 13.4. The summed E-state index contributed by atoms with van der Waals surface area (Å²) in [6.07, 6.45) is 3.89. The zero-order valence-electron chi connectivity index (χ0n) is 18.1. The molecule has 0 amide bonds. The third-order valence-corrected chi connectivity index (χ3v) is 6.50. The number of aromatic nitrogens is 3. The van der Waals surface area contributed by atoms with E-state index in [1.807, 2.05) is 0 Å². The van der Waals surface area contributed by atoms with E-state index in [4.69, 9.17) is 4.52 Å². The highest BCUT2D eigenvalue weighted by Crippen LogP contribution is 2.32. The van der Waals surface area contributed by atoms with Crippen molar-refractivity contribution in [2.24, 2.45) is 0 Å². The molecule has 170 valence electrons. The number of likely N-dealkylation sites (tertiary alicyclic amines) is 1. The number of carboxylic acid groups (broad SMARTS) is 1. The van der Waals surface area contributed by atoms with Crippen LogP contribution in [-0.2, 0) is 6.42 Å². The van der Waals surface area contributed by atoms with Gasteiger partial charge in [0.1, 0.15) is 11.4 Å². The molecule has 5 rings (SSSR count). The molecule has 4 heterocycles. The molecule has 1 N–H and O–H groups in total. The third-order valence-electron chi connectivity index (χ3n) is 6.50. The highest BCUT2D eigenvalue weighted by atomic mass is 19.1. The standard InChI is InChI=1S/C24H23FN4O4/c1-14-17(23(30)29-9-2-3-19(24(31)32)22(29)26-14)8-12-28-10-6-15(7-11-28)21-18-5-4-16(25)13-20(18)33-27-21/h2-5,9,13,15H,6-8,10-12H2,1H3,(H,31,32). The molecule has 1 aliphatic heterocycles. The van der Waals surface area contributed by atoms with Crippen molar-refractivity contribution in [1.29, 1.82) is 0 Å². The van der Waals surface area contributed by atoms with Gasteiger partial charge in [-0.05, 0) is 63.5 Å². The maximum atomic E-state index is 13.4. The van der Waals surface area contributed by atoms with E-state index in [-0.39, 0.29) is 28.5 Å². The minimum atomic E-state index is -1.11. The molecule has 8 nitrogen and oxygen atoms in total. The molecule has 0 bridgehead atoms. The first-order chi connectivity index (χ1) is 15.9. The minimum Gasteiger partial charge on any atom is -0.478 e. The lowest BCUT2D eigenvalue weighted by Gasteiger charge is -2.31. The van der Waals surface area contributed by atoms with Gasteiger partial charge < -0.3 is 14.5 Å². The topological polar surface area (TPSA) is 101 Å². The molecular formula is C24H23FN4O4. The predicted octanol–water partition coefficient (Wildman–Crippen LogP) is 3.40. The number of carbonyl (C=O) groups is 1. The quantitative estimate of drug-likeness (QED) is 0.497. The Balaban J connectivity index is 1.28. The molecule has 0 saturated carbocycles. The number of pyridine rings is 1. The van der Waals surface area contributed by atoms with Crippen molar-refractivity contribution in [1.82, 2.24) is 19.4 Å². The van der Waals surface area contributed by atoms with Gasteiger partial charge in [-0.3, -0.25) is 9.20 Å². The van der Waals surface area contributed by atoms with Crippen LogP contribution < -0.4 is 5.56 Å². The fourth-order valence-corrected chi connectivity index (χ4v) is 4.68. The second-order valence-electron chi connectivity index (χ2n) is 8.48. The lowest BCUT2D eigenvalue weighted by atomic mass is 9.91. The summed E-state index contributed by atoms with van der Waals surface area (Å²) in [6, 6.07) is 7.50. The highest BCUT2D eigenvalue weighted by Gasteiger charge is 2.25. The number of carboxylic acids is 1. The molecule has 0 radical (unpaired) electrons. The van der Waals surface area contributed by atoms with E-state index < -0.39 is 5.97 Å². The van der Waals surface area contributed by atoms with Gasteiger partial charge in [0.2, 0.25) is 0 Å². The van der Waals surface area contributed by atoms with Crippen LogP contribution >= 0.6 is 0 Å². The number of aromatic carboxylic acids is 1. The number of hydrogen-bond donors (Lipinski definition) is 1. The van der Waals surface area contributed by atoms with Crippen LogP contribution in [0.3, 0.4) is 0 Å². The molecule has 9 heteroatoms. The number of aryl methyl sites for hydroxylation is 1. The van der Waals surface area contributed by atoms with Crippen molar-refractivity contribution >= 4 is 22.6 Å². The minimum absolute atomic E-state index is 0.00874. The zero-order chi connectivity index (χ0) is 23.1. The summed E-state index contributed by atoms with van der Waals surface area (Å²) in [7, 11) is 0. The molecule has 1 aromatic carbocycles.